The lowest BCUT2D eigenvalue weighted by Crippen LogP contribution is -2.38. The Hall–Kier alpha value is -5.76. The molecule has 0 unspecified atom stereocenters. The number of benzene rings is 4. The maximum absolute atomic E-state index is 14.8. The van der Waals surface area contributed by atoms with E-state index < -0.39 is 28.0 Å². The Labute approximate surface area is 282 Å². The standard InChI is InChI=1S/C35H35N5O8S/c1-46-29-15-11-21(18-30(29)47-2)32(36-22-12-14-27-25(19-22)33(41)39-38-27)34(42)40-17-7-10-28(40)26-20-23(37-35(43)48-3)13-16-31(26)49(44,45)24-8-5-4-6-9-24/h4-6,8-9,11-16,18-20,28,32,36H,7,10,17H2,1-3H3,(H,37,43)(H2,38,39,41)/t28-,32-/m1/s1. The number of anilines is 2. The molecular formula is C35H35N5O8S. The lowest BCUT2D eigenvalue weighted by Gasteiger charge is -2.31. The molecule has 14 heteroatoms. The molecule has 2 heterocycles. The van der Waals surface area contributed by atoms with E-state index in [-0.39, 0.29) is 21.3 Å². The minimum atomic E-state index is -4.03. The summed E-state index contributed by atoms with van der Waals surface area (Å²) in [4.78, 5) is 41.1. The van der Waals surface area contributed by atoms with Crippen molar-refractivity contribution in [1.29, 1.82) is 0 Å². The molecule has 5 aromatic rings. The molecule has 1 aliphatic rings. The van der Waals surface area contributed by atoms with Gasteiger partial charge in [0, 0.05) is 17.9 Å². The van der Waals surface area contributed by atoms with Crippen LogP contribution in [0.2, 0.25) is 0 Å². The molecule has 49 heavy (non-hydrogen) atoms. The quantitative estimate of drug-likeness (QED) is 0.150. The second kappa shape index (κ2) is 13.8. The first kappa shape index (κ1) is 33.2. The van der Waals surface area contributed by atoms with Crippen LogP contribution in [0.4, 0.5) is 16.2 Å². The highest BCUT2D eigenvalue weighted by atomic mass is 32.2. The normalized spacial score (nSPS) is 15.1. The van der Waals surface area contributed by atoms with E-state index in [2.05, 4.69) is 20.8 Å². The van der Waals surface area contributed by atoms with Crippen LogP contribution in [0.15, 0.2) is 99.5 Å². The Bertz CT molecular complexity index is 2180. The molecule has 1 saturated heterocycles. The van der Waals surface area contributed by atoms with Crippen molar-refractivity contribution in [2.24, 2.45) is 0 Å². The molecule has 0 spiro atoms. The molecule has 1 fully saturated rings. The van der Waals surface area contributed by atoms with Crippen molar-refractivity contribution in [2.75, 3.05) is 38.5 Å². The predicted octanol–water partition coefficient (Wildman–Crippen LogP) is 5.40. The van der Waals surface area contributed by atoms with Crippen molar-refractivity contribution in [2.45, 2.75) is 34.7 Å². The van der Waals surface area contributed by atoms with Crippen LogP contribution in [0, 0.1) is 0 Å². The van der Waals surface area contributed by atoms with Crippen LogP contribution in [-0.2, 0) is 19.4 Å². The number of carbonyl (C=O) groups is 2. The summed E-state index contributed by atoms with van der Waals surface area (Å²) in [5, 5.41) is 11.7. The highest BCUT2D eigenvalue weighted by Gasteiger charge is 2.38. The SMILES string of the molecule is COC(=O)Nc1ccc(S(=O)(=O)c2ccccc2)c([C@H]2CCCN2C(=O)[C@H](Nc2ccc3[nH][nH]c(=O)c3c2)c2ccc(OC)c(OC)c2)c1. The molecule has 4 N–H and O–H groups in total. The van der Waals surface area contributed by atoms with Gasteiger partial charge in [-0.15, -0.1) is 0 Å². The fourth-order valence-corrected chi connectivity index (χ4v) is 7.68. The number of methoxy groups -OCH3 is 3. The predicted molar refractivity (Wildman–Crippen MR) is 183 cm³/mol. The Morgan fingerprint density at radius 2 is 1.63 bits per heavy atom. The first-order valence-corrected chi connectivity index (χ1v) is 16.9. The molecule has 6 rings (SSSR count). The van der Waals surface area contributed by atoms with E-state index >= 15 is 0 Å². The summed E-state index contributed by atoms with van der Waals surface area (Å²) < 4.78 is 43.8. The number of nitrogens with zero attached hydrogens (tertiary/aromatic N) is 1. The molecular weight excluding hydrogens is 650 g/mol. The zero-order valence-electron chi connectivity index (χ0n) is 27.0. The largest absolute Gasteiger partial charge is 0.493 e. The molecule has 4 aromatic carbocycles. The Morgan fingerprint density at radius 3 is 2.37 bits per heavy atom. The average molecular weight is 686 g/mol. The number of hydrogen-bond acceptors (Lipinski definition) is 9. The number of rotatable bonds is 10. The average Bonchev–Trinajstić information content (AvgIpc) is 3.77. The van der Waals surface area contributed by atoms with E-state index in [0.717, 1.165) is 0 Å². The van der Waals surface area contributed by atoms with Crippen LogP contribution in [0.3, 0.4) is 0 Å². The van der Waals surface area contributed by atoms with Gasteiger partial charge < -0.3 is 24.4 Å². The van der Waals surface area contributed by atoms with Gasteiger partial charge in [0.05, 0.1) is 48.1 Å². The topological polar surface area (TPSA) is 172 Å². The van der Waals surface area contributed by atoms with Crippen molar-refractivity contribution in [3.8, 4) is 11.5 Å². The molecule has 2 atom stereocenters. The summed E-state index contributed by atoms with van der Waals surface area (Å²) in [7, 11) is 0.215. The number of amides is 2. The van der Waals surface area contributed by atoms with Gasteiger partial charge in [0.25, 0.3) is 5.56 Å². The van der Waals surface area contributed by atoms with Gasteiger partial charge in [-0.25, -0.2) is 13.2 Å². The lowest BCUT2D eigenvalue weighted by molar-refractivity contribution is -0.133. The van der Waals surface area contributed by atoms with E-state index in [9.17, 15) is 22.8 Å². The monoisotopic (exact) mass is 685 g/mol. The van der Waals surface area contributed by atoms with Gasteiger partial charge in [-0.1, -0.05) is 24.3 Å². The molecule has 0 saturated carbocycles. The van der Waals surface area contributed by atoms with Gasteiger partial charge in [-0.05, 0) is 84.6 Å². The number of aromatic nitrogens is 2. The van der Waals surface area contributed by atoms with Gasteiger partial charge >= 0.3 is 6.09 Å². The molecule has 1 aliphatic heterocycles. The van der Waals surface area contributed by atoms with Crippen LogP contribution in [0.5, 0.6) is 11.5 Å². The Kier molecular flexibility index (Phi) is 9.31. The van der Waals surface area contributed by atoms with Crippen molar-refractivity contribution < 1.29 is 32.2 Å². The van der Waals surface area contributed by atoms with Crippen molar-refractivity contribution in [3.63, 3.8) is 0 Å². The lowest BCUT2D eigenvalue weighted by atomic mass is 10.0. The van der Waals surface area contributed by atoms with Crippen LogP contribution in [0.25, 0.3) is 10.9 Å². The Morgan fingerprint density at radius 1 is 0.878 bits per heavy atom. The number of nitrogens with one attached hydrogen (secondary N) is 4. The minimum Gasteiger partial charge on any atom is -0.493 e. The summed E-state index contributed by atoms with van der Waals surface area (Å²) in [6.45, 7) is 0.338. The number of sulfone groups is 1. The van der Waals surface area contributed by atoms with E-state index in [1.807, 2.05) is 0 Å². The second-order valence-corrected chi connectivity index (χ2v) is 13.3. The number of H-pyrrole nitrogens is 2. The number of hydrogen-bond donors (Lipinski definition) is 4. The van der Waals surface area contributed by atoms with E-state index in [4.69, 9.17) is 14.2 Å². The number of aromatic amines is 2. The van der Waals surface area contributed by atoms with Crippen LogP contribution < -0.4 is 25.7 Å². The van der Waals surface area contributed by atoms with Gasteiger partial charge in [-0.3, -0.25) is 25.1 Å². The number of carbonyl (C=O) groups excluding carboxylic acids is 2. The second-order valence-electron chi connectivity index (χ2n) is 11.4. The van der Waals surface area contributed by atoms with Gasteiger partial charge in [0.15, 0.2) is 11.5 Å². The van der Waals surface area contributed by atoms with Crippen LogP contribution in [-0.4, -0.2) is 63.4 Å². The van der Waals surface area contributed by atoms with E-state index in [1.165, 1.54) is 45.6 Å². The van der Waals surface area contributed by atoms with Crippen molar-refractivity contribution in [1.82, 2.24) is 15.1 Å². The summed E-state index contributed by atoms with van der Waals surface area (Å²) >= 11 is 0. The number of likely N-dealkylation sites (tertiary alicyclic amines) is 1. The van der Waals surface area contributed by atoms with E-state index in [0.29, 0.717) is 64.3 Å². The molecule has 2 amide bonds. The summed E-state index contributed by atoms with van der Waals surface area (Å²) in [6.07, 6.45) is 0.340. The third-order valence-corrected chi connectivity index (χ3v) is 10.4. The maximum atomic E-state index is 14.8. The smallest absolute Gasteiger partial charge is 0.411 e. The minimum absolute atomic E-state index is 0.0200. The fraction of sp³-hybridized carbons (Fsp3) is 0.229. The first-order chi connectivity index (χ1) is 23.6. The third-order valence-electron chi connectivity index (χ3n) is 8.55. The van der Waals surface area contributed by atoms with Gasteiger partial charge in [0.2, 0.25) is 15.7 Å². The van der Waals surface area contributed by atoms with Crippen LogP contribution in [0.1, 0.15) is 36.1 Å². The van der Waals surface area contributed by atoms with Crippen molar-refractivity contribution in [3.05, 3.63) is 106 Å². The number of fused-ring (bicyclic) bond motifs is 1. The molecule has 1 aromatic heterocycles. The van der Waals surface area contributed by atoms with Gasteiger partial charge in [0.1, 0.15) is 6.04 Å². The number of ether oxygens (including phenoxy) is 3. The Balaban J connectivity index is 1.45. The molecule has 254 valence electrons. The van der Waals surface area contributed by atoms with E-state index in [1.54, 1.807) is 65.6 Å². The summed E-state index contributed by atoms with van der Waals surface area (Å²) in [6, 6.07) is 21.2. The first-order valence-electron chi connectivity index (χ1n) is 15.4. The van der Waals surface area contributed by atoms with Crippen molar-refractivity contribution >= 4 is 44.1 Å². The summed E-state index contributed by atoms with van der Waals surface area (Å²) in [5.41, 5.74) is 2.03. The highest BCUT2D eigenvalue weighted by Crippen LogP contribution is 2.41. The zero-order valence-corrected chi connectivity index (χ0v) is 27.8. The fourth-order valence-electron chi connectivity index (χ4n) is 6.16. The molecule has 0 aliphatic carbocycles. The maximum Gasteiger partial charge on any atom is 0.411 e. The highest BCUT2D eigenvalue weighted by molar-refractivity contribution is 7.91. The molecule has 13 nitrogen and oxygen atoms in total. The molecule has 0 radical (unpaired) electrons. The van der Waals surface area contributed by atoms with Crippen LogP contribution >= 0.6 is 0 Å². The zero-order chi connectivity index (χ0) is 34.7. The molecule has 0 bridgehead atoms. The third kappa shape index (κ3) is 6.54. The summed E-state index contributed by atoms with van der Waals surface area (Å²) in [5.74, 6) is 0.544. The van der Waals surface area contributed by atoms with Gasteiger partial charge in [-0.2, -0.15) is 0 Å².